The summed E-state index contributed by atoms with van der Waals surface area (Å²) < 4.78 is 0.973. The Bertz CT molecular complexity index is 510. The van der Waals surface area contributed by atoms with Crippen molar-refractivity contribution < 1.29 is 0 Å². The second-order valence-electron chi connectivity index (χ2n) is 4.57. The summed E-state index contributed by atoms with van der Waals surface area (Å²) in [6, 6.07) is 4.46. The van der Waals surface area contributed by atoms with Gasteiger partial charge < -0.3 is 5.32 Å². The van der Waals surface area contributed by atoms with E-state index in [-0.39, 0.29) is 0 Å². The van der Waals surface area contributed by atoms with E-state index in [2.05, 4.69) is 50.3 Å². The third-order valence-electron chi connectivity index (χ3n) is 2.53. The molecule has 2 aromatic rings. The van der Waals surface area contributed by atoms with E-state index in [1.54, 1.807) is 17.5 Å². The van der Waals surface area contributed by atoms with Crippen LogP contribution < -0.4 is 5.32 Å². The van der Waals surface area contributed by atoms with Gasteiger partial charge in [0.05, 0.1) is 0 Å². The zero-order chi connectivity index (χ0) is 13.7. The SMILES string of the molecule is CC(C)NCCCc1nnc(-c2ccc(Br)cn2)s1. The van der Waals surface area contributed by atoms with Crippen LogP contribution in [0.4, 0.5) is 0 Å². The van der Waals surface area contributed by atoms with Crippen LogP contribution >= 0.6 is 27.3 Å². The summed E-state index contributed by atoms with van der Waals surface area (Å²) in [5, 5.41) is 13.8. The van der Waals surface area contributed by atoms with E-state index in [4.69, 9.17) is 0 Å². The lowest BCUT2D eigenvalue weighted by molar-refractivity contribution is 0.569. The van der Waals surface area contributed by atoms with Crippen LogP contribution in [0.2, 0.25) is 0 Å². The fourth-order valence-electron chi connectivity index (χ4n) is 1.59. The molecule has 0 aliphatic heterocycles. The Morgan fingerprint density at radius 3 is 2.84 bits per heavy atom. The van der Waals surface area contributed by atoms with Gasteiger partial charge in [0.1, 0.15) is 10.7 Å². The highest BCUT2D eigenvalue weighted by atomic mass is 79.9. The summed E-state index contributed by atoms with van der Waals surface area (Å²) in [7, 11) is 0. The molecule has 0 aliphatic rings. The van der Waals surface area contributed by atoms with Crippen molar-refractivity contribution >= 4 is 27.3 Å². The lowest BCUT2D eigenvalue weighted by atomic mass is 10.3. The number of pyridine rings is 1. The minimum atomic E-state index is 0.539. The molecule has 0 bridgehead atoms. The average molecular weight is 341 g/mol. The molecule has 0 aliphatic carbocycles. The third-order valence-corrected chi connectivity index (χ3v) is 4.01. The molecule has 4 nitrogen and oxygen atoms in total. The Balaban J connectivity index is 1.90. The van der Waals surface area contributed by atoms with Crippen molar-refractivity contribution in [3.63, 3.8) is 0 Å². The maximum Gasteiger partial charge on any atom is 0.166 e. The van der Waals surface area contributed by atoms with Crippen molar-refractivity contribution in [2.24, 2.45) is 0 Å². The largest absolute Gasteiger partial charge is 0.315 e. The summed E-state index contributed by atoms with van der Waals surface area (Å²) in [5.74, 6) is 0. The molecular formula is C13H17BrN4S. The van der Waals surface area contributed by atoms with Gasteiger partial charge in [0.15, 0.2) is 5.01 Å². The normalized spacial score (nSPS) is 11.2. The summed E-state index contributed by atoms with van der Waals surface area (Å²) in [6.45, 7) is 5.33. The van der Waals surface area contributed by atoms with Gasteiger partial charge in [-0.05, 0) is 41.0 Å². The first-order valence-corrected chi connectivity index (χ1v) is 7.94. The number of nitrogens with zero attached hydrogens (tertiary/aromatic N) is 3. The molecule has 0 aromatic carbocycles. The van der Waals surface area contributed by atoms with Gasteiger partial charge in [-0.2, -0.15) is 0 Å². The molecule has 0 atom stereocenters. The molecule has 0 spiro atoms. The molecule has 2 rings (SSSR count). The Hall–Kier alpha value is -0.850. The molecule has 102 valence electrons. The number of halogens is 1. The zero-order valence-corrected chi connectivity index (χ0v) is 13.5. The molecule has 0 saturated heterocycles. The molecule has 0 fully saturated rings. The van der Waals surface area contributed by atoms with Crippen molar-refractivity contribution in [3.8, 4) is 10.7 Å². The van der Waals surface area contributed by atoms with E-state index in [1.165, 1.54) is 0 Å². The Kier molecular flexibility index (Phi) is 5.42. The topological polar surface area (TPSA) is 50.7 Å². The van der Waals surface area contributed by atoms with Gasteiger partial charge in [-0.1, -0.05) is 25.2 Å². The number of aromatic nitrogens is 3. The van der Waals surface area contributed by atoms with E-state index in [0.29, 0.717) is 6.04 Å². The molecule has 1 N–H and O–H groups in total. The van der Waals surface area contributed by atoms with E-state index in [9.17, 15) is 0 Å². The van der Waals surface area contributed by atoms with Gasteiger partial charge in [0.25, 0.3) is 0 Å². The van der Waals surface area contributed by atoms with Crippen molar-refractivity contribution in [1.29, 1.82) is 0 Å². The highest BCUT2D eigenvalue weighted by Gasteiger charge is 2.07. The van der Waals surface area contributed by atoms with Gasteiger partial charge in [0, 0.05) is 23.1 Å². The van der Waals surface area contributed by atoms with Crippen molar-refractivity contribution in [2.45, 2.75) is 32.7 Å². The van der Waals surface area contributed by atoms with Crippen LogP contribution in [0.3, 0.4) is 0 Å². The lowest BCUT2D eigenvalue weighted by Gasteiger charge is -2.05. The first-order valence-electron chi connectivity index (χ1n) is 6.33. The number of aryl methyl sites for hydroxylation is 1. The van der Waals surface area contributed by atoms with Crippen molar-refractivity contribution in [1.82, 2.24) is 20.5 Å². The number of hydrogen-bond donors (Lipinski definition) is 1. The van der Waals surface area contributed by atoms with Crippen LogP contribution in [0.25, 0.3) is 10.7 Å². The van der Waals surface area contributed by atoms with E-state index in [1.807, 2.05) is 12.1 Å². The lowest BCUT2D eigenvalue weighted by Crippen LogP contribution is -2.23. The average Bonchev–Trinajstić information content (AvgIpc) is 2.84. The smallest absolute Gasteiger partial charge is 0.166 e. The Morgan fingerprint density at radius 1 is 1.32 bits per heavy atom. The zero-order valence-electron chi connectivity index (χ0n) is 11.1. The first kappa shape index (κ1) is 14.6. The first-order chi connectivity index (χ1) is 9.15. The van der Waals surface area contributed by atoms with Gasteiger partial charge in [-0.3, -0.25) is 4.98 Å². The second-order valence-corrected chi connectivity index (χ2v) is 6.55. The van der Waals surface area contributed by atoms with Gasteiger partial charge in [-0.25, -0.2) is 0 Å². The number of rotatable bonds is 6. The van der Waals surface area contributed by atoms with E-state index in [0.717, 1.165) is 39.6 Å². The molecule has 0 unspecified atom stereocenters. The van der Waals surface area contributed by atoms with Crippen molar-refractivity contribution in [3.05, 3.63) is 27.8 Å². The van der Waals surface area contributed by atoms with Crippen molar-refractivity contribution in [2.75, 3.05) is 6.54 Å². The molecule has 0 saturated carbocycles. The summed E-state index contributed by atoms with van der Waals surface area (Å²) >= 11 is 5.00. The summed E-state index contributed by atoms with van der Waals surface area (Å²) in [4.78, 5) is 4.33. The molecule has 2 aromatic heterocycles. The highest BCUT2D eigenvalue weighted by molar-refractivity contribution is 9.10. The molecule has 0 amide bonds. The van der Waals surface area contributed by atoms with Crippen LogP contribution in [-0.2, 0) is 6.42 Å². The van der Waals surface area contributed by atoms with Crippen LogP contribution in [0.5, 0.6) is 0 Å². The van der Waals surface area contributed by atoms with E-state index < -0.39 is 0 Å². The van der Waals surface area contributed by atoms with Crippen LogP contribution in [0.15, 0.2) is 22.8 Å². The fraction of sp³-hybridized carbons (Fsp3) is 0.462. The third kappa shape index (κ3) is 4.63. The quantitative estimate of drug-likeness (QED) is 0.819. The molecule has 19 heavy (non-hydrogen) atoms. The predicted octanol–water partition coefficient (Wildman–Crippen LogP) is 3.29. The molecule has 6 heteroatoms. The van der Waals surface area contributed by atoms with Gasteiger partial charge in [0.2, 0.25) is 0 Å². The Morgan fingerprint density at radius 2 is 2.16 bits per heavy atom. The monoisotopic (exact) mass is 340 g/mol. The highest BCUT2D eigenvalue weighted by Crippen LogP contribution is 2.23. The minimum absolute atomic E-state index is 0.539. The molecule has 2 heterocycles. The molecular weight excluding hydrogens is 324 g/mol. The van der Waals surface area contributed by atoms with Crippen LogP contribution in [0.1, 0.15) is 25.3 Å². The summed E-state index contributed by atoms with van der Waals surface area (Å²) in [5.41, 5.74) is 0.882. The predicted molar refractivity (Wildman–Crippen MR) is 82.3 cm³/mol. The van der Waals surface area contributed by atoms with E-state index >= 15 is 0 Å². The van der Waals surface area contributed by atoms with Gasteiger partial charge in [-0.15, -0.1) is 10.2 Å². The Labute approximate surface area is 125 Å². The van der Waals surface area contributed by atoms with Gasteiger partial charge >= 0.3 is 0 Å². The number of nitrogens with one attached hydrogen (secondary N) is 1. The fourth-order valence-corrected chi connectivity index (χ4v) is 2.68. The maximum atomic E-state index is 4.33. The summed E-state index contributed by atoms with van der Waals surface area (Å²) in [6.07, 6.45) is 3.83. The second kappa shape index (κ2) is 7.07. The molecule has 0 radical (unpaired) electrons. The van der Waals surface area contributed by atoms with Crippen LogP contribution in [0, 0.1) is 0 Å². The standard InChI is InChI=1S/C13H17BrN4S/c1-9(2)15-7-3-4-12-17-18-13(19-12)11-6-5-10(14)8-16-11/h5-6,8-9,15H,3-4,7H2,1-2H3. The maximum absolute atomic E-state index is 4.33. The minimum Gasteiger partial charge on any atom is -0.315 e. The number of hydrogen-bond acceptors (Lipinski definition) is 5. The van der Waals surface area contributed by atoms with Crippen LogP contribution in [-0.4, -0.2) is 27.8 Å².